The van der Waals surface area contributed by atoms with Crippen LogP contribution in [-0.2, 0) is 11.2 Å². The van der Waals surface area contributed by atoms with Crippen LogP contribution < -0.4 is 11.5 Å². The Morgan fingerprint density at radius 2 is 2.13 bits per heavy atom. The van der Waals surface area contributed by atoms with Crippen molar-refractivity contribution in [2.24, 2.45) is 5.73 Å². The van der Waals surface area contributed by atoms with E-state index in [9.17, 15) is 4.79 Å². The van der Waals surface area contributed by atoms with E-state index in [-0.39, 0.29) is 5.91 Å². The fraction of sp³-hybridized carbons (Fsp3) is 0.600. The molecule has 0 aromatic carbocycles. The number of amides is 1. The van der Waals surface area contributed by atoms with Gasteiger partial charge in [-0.15, -0.1) is 11.3 Å². The number of hydrogen-bond donors (Lipinski definition) is 2. The maximum absolute atomic E-state index is 9.22. The van der Waals surface area contributed by atoms with Crippen LogP contribution in [0, 0.1) is 0 Å². The number of primary amides is 1. The van der Waals surface area contributed by atoms with E-state index in [0.717, 1.165) is 12.1 Å². The van der Waals surface area contributed by atoms with Crippen molar-refractivity contribution in [2.75, 3.05) is 5.73 Å². The molecular formula is C10H19N3OS. The molecule has 0 atom stereocenters. The summed E-state index contributed by atoms with van der Waals surface area (Å²) in [5.74, 6) is -0.333. The third kappa shape index (κ3) is 9.21. The first-order valence-electron chi connectivity index (χ1n) is 5.02. The van der Waals surface area contributed by atoms with Gasteiger partial charge in [0.15, 0.2) is 5.13 Å². The van der Waals surface area contributed by atoms with Gasteiger partial charge >= 0.3 is 0 Å². The molecule has 0 aliphatic heterocycles. The summed E-state index contributed by atoms with van der Waals surface area (Å²) in [7, 11) is 0. The number of carbonyl (C=O) groups excluding carboxylic acids is 1. The monoisotopic (exact) mass is 229 g/mol. The van der Waals surface area contributed by atoms with Gasteiger partial charge in [-0.2, -0.15) is 0 Å². The Bertz CT molecular complexity index is 282. The van der Waals surface area contributed by atoms with Gasteiger partial charge in [-0.25, -0.2) is 4.98 Å². The molecule has 4 N–H and O–H groups in total. The van der Waals surface area contributed by atoms with Gasteiger partial charge in [0.05, 0.1) is 5.69 Å². The third-order valence-corrected chi connectivity index (χ3v) is 2.33. The van der Waals surface area contributed by atoms with Crippen LogP contribution in [0.25, 0.3) is 0 Å². The molecule has 86 valence electrons. The molecule has 1 aromatic heterocycles. The average molecular weight is 229 g/mol. The second-order valence-electron chi connectivity index (χ2n) is 3.24. The molecule has 0 saturated heterocycles. The summed E-state index contributed by atoms with van der Waals surface area (Å²) in [6.07, 6.45) is 4.87. The summed E-state index contributed by atoms with van der Waals surface area (Å²) in [4.78, 5) is 13.4. The molecule has 0 bridgehead atoms. The van der Waals surface area contributed by atoms with E-state index in [1.807, 2.05) is 5.38 Å². The van der Waals surface area contributed by atoms with E-state index in [2.05, 4.69) is 17.6 Å². The summed E-state index contributed by atoms with van der Waals surface area (Å²) >= 11 is 1.53. The third-order valence-electron chi connectivity index (χ3n) is 1.61. The van der Waals surface area contributed by atoms with Gasteiger partial charge in [-0.1, -0.05) is 19.8 Å². The summed E-state index contributed by atoms with van der Waals surface area (Å²) in [6.45, 7) is 3.51. The molecule has 0 radical (unpaired) electrons. The highest BCUT2D eigenvalue weighted by Crippen LogP contribution is 2.13. The van der Waals surface area contributed by atoms with Crippen molar-refractivity contribution in [1.29, 1.82) is 0 Å². The molecule has 0 spiro atoms. The van der Waals surface area contributed by atoms with Crippen molar-refractivity contribution in [3.8, 4) is 0 Å². The Balaban J connectivity index is 0.000000423. The standard InChI is InChI=1S/C8H14N2S.C2H5NO/c1-2-3-4-5-7-6-11-8(9)10-7;1-2(3)4/h6H,2-5H2,1H3,(H2,9,10);1H3,(H2,3,4). The maximum atomic E-state index is 9.22. The number of nitrogens with zero attached hydrogens (tertiary/aromatic N) is 1. The molecule has 5 heteroatoms. The smallest absolute Gasteiger partial charge is 0.214 e. The highest BCUT2D eigenvalue weighted by atomic mass is 32.1. The highest BCUT2D eigenvalue weighted by molar-refractivity contribution is 7.13. The first-order valence-corrected chi connectivity index (χ1v) is 5.90. The van der Waals surface area contributed by atoms with Gasteiger partial charge in [0.2, 0.25) is 5.91 Å². The zero-order valence-corrected chi connectivity index (χ0v) is 10.1. The second-order valence-corrected chi connectivity index (χ2v) is 4.13. The SMILES string of the molecule is CC(N)=O.CCCCCc1csc(N)n1. The van der Waals surface area contributed by atoms with Crippen molar-refractivity contribution in [3.63, 3.8) is 0 Å². The zero-order chi connectivity index (χ0) is 11.7. The van der Waals surface area contributed by atoms with Gasteiger partial charge in [0.25, 0.3) is 0 Å². The number of hydrogen-bond acceptors (Lipinski definition) is 4. The number of aromatic nitrogens is 1. The van der Waals surface area contributed by atoms with E-state index in [0.29, 0.717) is 5.13 Å². The lowest BCUT2D eigenvalue weighted by Crippen LogP contribution is -2.01. The fourth-order valence-corrected chi connectivity index (χ4v) is 1.59. The topological polar surface area (TPSA) is 82.0 Å². The lowest BCUT2D eigenvalue weighted by atomic mass is 10.2. The van der Waals surface area contributed by atoms with Crippen LogP contribution in [0.3, 0.4) is 0 Å². The molecule has 0 unspecified atom stereocenters. The Morgan fingerprint density at radius 1 is 1.53 bits per heavy atom. The van der Waals surface area contributed by atoms with Crippen molar-refractivity contribution < 1.29 is 4.79 Å². The van der Waals surface area contributed by atoms with Crippen LogP contribution >= 0.6 is 11.3 Å². The lowest BCUT2D eigenvalue weighted by Gasteiger charge is -1.93. The molecule has 0 saturated carbocycles. The number of unbranched alkanes of at least 4 members (excludes halogenated alkanes) is 2. The average Bonchev–Trinajstić information content (AvgIpc) is 2.51. The van der Waals surface area contributed by atoms with E-state index >= 15 is 0 Å². The molecule has 15 heavy (non-hydrogen) atoms. The van der Waals surface area contributed by atoms with Crippen LogP contribution in [0.4, 0.5) is 5.13 Å². The Kier molecular flexibility index (Phi) is 7.62. The van der Waals surface area contributed by atoms with E-state index in [4.69, 9.17) is 5.73 Å². The van der Waals surface area contributed by atoms with Gasteiger partial charge < -0.3 is 11.5 Å². The van der Waals surface area contributed by atoms with E-state index in [1.165, 1.54) is 37.5 Å². The maximum Gasteiger partial charge on any atom is 0.214 e. The molecule has 1 amide bonds. The number of thiazole rings is 1. The summed E-state index contributed by atoms with van der Waals surface area (Å²) in [6, 6.07) is 0. The Morgan fingerprint density at radius 3 is 2.53 bits per heavy atom. The van der Waals surface area contributed by atoms with Crippen molar-refractivity contribution in [3.05, 3.63) is 11.1 Å². The summed E-state index contributed by atoms with van der Waals surface area (Å²) in [5.41, 5.74) is 11.1. The molecular weight excluding hydrogens is 210 g/mol. The van der Waals surface area contributed by atoms with Gasteiger partial charge in [-0.3, -0.25) is 4.79 Å². The van der Waals surface area contributed by atoms with Crippen LogP contribution in [0.2, 0.25) is 0 Å². The highest BCUT2D eigenvalue weighted by Gasteiger charge is 1.96. The van der Waals surface area contributed by atoms with Crippen LogP contribution in [0.15, 0.2) is 5.38 Å². The van der Waals surface area contributed by atoms with Crippen molar-refractivity contribution in [1.82, 2.24) is 4.98 Å². The molecule has 0 aliphatic carbocycles. The predicted octanol–water partition coefficient (Wildman–Crippen LogP) is 1.95. The normalized spacial score (nSPS) is 9.20. The van der Waals surface area contributed by atoms with Crippen LogP contribution in [0.5, 0.6) is 0 Å². The van der Waals surface area contributed by atoms with Gasteiger partial charge in [-0.05, 0) is 12.8 Å². The zero-order valence-electron chi connectivity index (χ0n) is 9.32. The van der Waals surface area contributed by atoms with E-state index < -0.39 is 0 Å². The van der Waals surface area contributed by atoms with Crippen molar-refractivity contribution in [2.45, 2.75) is 39.5 Å². The number of nitrogens with two attached hydrogens (primary N) is 2. The van der Waals surface area contributed by atoms with E-state index in [1.54, 1.807) is 0 Å². The Labute approximate surface area is 94.7 Å². The molecule has 1 aromatic rings. The minimum Gasteiger partial charge on any atom is -0.375 e. The minimum atomic E-state index is -0.333. The van der Waals surface area contributed by atoms with Gasteiger partial charge in [0, 0.05) is 12.3 Å². The quantitative estimate of drug-likeness (QED) is 0.774. The second kappa shape index (κ2) is 8.23. The van der Waals surface area contributed by atoms with Crippen LogP contribution in [0.1, 0.15) is 38.8 Å². The van der Waals surface area contributed by atoms with Crippen molar-refractivity contribution >= 4 is 22.4 Å². The number of carbonyl (C=O) groups is 1. The molecule has 1 rings (SSSR count). The minimum absolute atomic E-state index is 0.333. The van der Waals surface area contributed by atoms with Gasteiger partial charge in [0.1, 0.15) is 0 Å². The number of anilines is 1. The number of nitrogen functional groups attached to an aromatic ring is 1. The first-order chi connectivity index (χ1) is 7.06. The summed E-state index contributed by atoms with van der Waals surface area (Å²) in [5, 5.41) is 2.74. The van der Waals surface area contributed by atoms with Crippen LogP contribution in [-0.4, -0.2) is 10.9 Å². The lowest BCUT2D eigenvalue weighted by molar-refractivity contribution is -0.115. The molecule has 1 heterocycles. The molecule has 0 fully saturated rings. The molecule has 0 aliphatic rings. The first kappa shape index (κ1) is 13.9. The summed E-state index contributed by atoms with van der Waals surface area (Å²) < 4.78 is 0. The predicted molar refractivity (Wildman–Crippen MR) is 64.6 cm³/mol. The number of rotatable bonds is 4. The fourth-order valence-electron chi connectivity index (χ4n) is 0.994. The Hall–Kier alpha value is -1.10. The number of aryl methyl sites for hydroxylation is 1. The molecule has 4 nitrogen and oxygen atoms in total. The largest absolute Gasteiger partial charge is 0.375 e.